The van der Waals surface area contributed by atoms with E-state index in [1.807, 2.05) is 18.5 Å². The third-order valence-corrected chi connectivity index (χ3v) is 4.65. The molecule has 6 nitrogen and oxygen atoms in total. The normalized spacial score (nSPS) is 16.8. The smallest absolute Gasteiger partial charge is 0.314 e. The molecule has 2 aromatic rings. The zero-order valence-corrected chi connectivity index (χ0v) is 12.7. The van der Waals surface area contributed by atoms with E-state index >= 15 is 0 Å². The molecular weight excluding hydrogens is 292 g/mol. The average Bonchev–Trinajstić information content (AvgIpc) is 3.05. The molecule has 118 valence electrons. The second kappa shape index (κ2) is 5.24. The van der Waals surface area contributed by atoms with Crippen molar-refractivity contribution in [3.63, 3.8) is 0 Å². The molecule has 0 saturated carbocycles. The van der Waals surface area contributed by atoms with E-state index in [1.54, 1.807) is 0 Å². The van der Waals surface area contributed by atoms with Crippen molar-refractivity contribution in [3.05, 3.63) is 67.8 Å². The molecule has 2 aromatic heterocycles. The lowest BCUT2D eigenvalue weighted by Gasteiger charge is -2.26. The Morgan fingerprint density at radius 1 is 1.09 bits per heavy atom. The van der Waals surface area contributed by atoms with Crippen molar-refractivity contribution in [1.82, 2.24) is 14.5 Å². The molecule has 23 heavy (non-hydrogen) atoms. The highest BCUT2D eigenvalue weighted by Crippen LogP contribution is 2.38. The fourth-order valence-corrected chi connectivity index (χ4v) is 3.40. The molecule has 0 radical (unpaired) electrons. The van der Waals surface area contributed by atoms with Gasteiger partial charge in [-0.15, -0.1) is 0 Å². The van der Waals surface area contributed by atoms with Gasteiger partial charge in [0, 0.05) is 35.9 Å². The maximum atomic E-state index is 11.7. The zero-order valence-electron chi connectivity index (χ0n) is 12.7. The van der Waals surface area contributed by atoms with Gasteiger partial charge in [-0.25, -0.2) is 0 Å². The number of hydrogen-bond acceptors (Lipinski definition) is 3. The number of rotatable bonds is 2. The number of nitrogens with one attached hydrogen (secondary N) is 2. The molecule has 0 bridgehead atoms. The lowest BCUT2D eigenvalue weighted by Crippen LogP contribution is -2.33. The van der Waals surface area contributed by atoms with Gasteiger partial charge in [-0.3, -0.25) is 9.59 Å². The van der Waals surface area contributed by atoms with Crippen LogP contribution in [0.25, 0.3) is 11.3 Å². The molecule has 0 saturated heterocycles. The summed E-state index contributed by atoms with van der Waals surface area (Å²) in [5, 5.41) is 0. The summed E-state index contributed by atoms with van der Waals surface area (Å²) in [5.41, 5.74) is 10.7. The molecule has 0 aromatic carbocycles. The maximum absolute atomic E-state index is 11.7. The highest BCUT2D eigenvalue weighted by molar-refractivity contribution is 5.84. The molecule has 2 aliphatic carbocycles. The van der Waals surface area contributed by atoms with Crippen LogP contribution in [0.4, 0.5) is 0 Å². The van der Waals surface area contributed by atoms with E-state index in [2.05, 4.69) is 20.6 Å². The van der Waals surface area contributed by atoms with E-state index in [4.69, 9.17) is 5.73 Å². The Morgan fingerprint density at radius 2 is 1.87 bits per heavy atom. The molecule has 0 fully saturated rings. The molecule has 2 aliphatic rings. The van der Waals surface area contributed by atoms with Gasteiger partial charge in [-0.05, 0) is 43.4 Å². The second-order valence-corrected chi connectivity index (χ2v) is 6.05. The fraction of sp³-hybridized carbons (Fsp3) is 0.294. The van der Waals surface area contributed by atoms with Crippen molar-refractivity contribution in [2.24, 2.45) is 5.73 Å². The number of aromatic amines is 2. The molecular formula is C17H18N4O2. The largest absolute Gasteiger partial charge is 0.327 e. The van der Waals surface area contributed by atoms with Gasteiger partial charge in [0.05, 0.1) is 5.69 Å². The maximum Gasteiger partial charge on any atom is 0.314 e. The Kier molecular flexibility index (Phi) is 3.20. The van der Waals surface area contributed by atoms with Crippen LogP contribution in [-0.4, -0.2) is 14.5 Å². The first-order chi connectivity index (χ1) is 11.2. The summed E-state index contributed by atoms with van der Waals surface area (Å²) in [6.07, 6.45) is 9.79. The number of nitrogens with zero attached hydrogens (tertiary/aromatic N) is 1. The molecule has 0 amide bonds. The fourth-order valence-electron chi connectivity index (χ4n) is 3.40. The Balaban J connectivity index is 1.82. The second-order valence-electron chi connectivity index (χ2n) is 6.05. The van der Waals surface area contributed by atoms with Crippen LogP contribution >= 0.6 is 0 Å². The zero-order chi connectivity index (χ0) is 16.0. The van der Waals surface area contributed by atoms with Crippen LogP contribution in [0.5, 0.6) is 0 Å². The number of allylic oxidation sites excluding steroid dienone is 4. The van der Waals surface area contributed by atoms with Crippen LogP contribution in [0.15, 0.2) is 39.7 Å². The molecule has 4 N–H and O–H groups in total. The van der Waals surface area contributed by atoms with E-state index in [1.165, 1.54) is 11.3 Å². The first-order valence-electron chi connectivity index (χ1n) is 7.81. The number of aromatic nitrogens is 3. The predicted octanol–water partition coefficient (Wildman–Crippen LogP) is 1.36. The summed E-state index contributed by atoms with van der Waals surface area (Å²) >= 11 is 0. The lowest BCUT2D eigenvalue weighted by molar-refractivity contribution is 0.778. The number of H-pyrrole nitrogens is 2. The van der Waals surface area contributed by atoms with Crippen LogP contribution < -0.4 is 16.9 Å². The van der Waals surface area contributed by atoms with Gasteiger partial charge in [-0.2, -0.15) is 0 Å². The molecule has 4 rings (SSSR count). The summed E-state index contributed by atoms with van der Waals surface area (Å²) in [6.45, 7) is 0.519. The van der Waals surface area contributed by atoms with Crippen molar-refractivity contribution in [2.45, 2.75) is 32.2 Å². The molecule has 0 atom stereocenters. The van der Waals surface area contributed by atoms with Crippen molar-refractivity contribution in [3.8, 4) is 0 Å². The standard InChI is InChI=1S/C17H18N4O2/c18-8-10-5-6-21(9-10)12-3-1-11-2-4-14-15(13(11)7-12)20-17(23)16(22)19-14/h5-7,9H,1-4,8,18H2,(H,19,22)(H,20,23). The van der Waals surface area contributed by atoms with Crippen molar-refractivity contribution < 1.29 is 0 Å². The van der Waals surface area contributed by atoms with E-state index in [9.17, 15) is 9.59 Å². The highest BCUT2D eigenvalue weighted by Gasteiger charge is 2.23. The van der Waals surface area contributed by atoms with Crippen molar-refractivity contribution in [2.75, 3.05) is 0 Å². The Bertz CT molecular complexity index is 955. The van der Waals surface area contributed by atoms with Gasteiger partial charge in [0.15, 0.2) is 0 Å². The third kappa shape index (κ3) is 2.31. The van der Waals surface area contributed by atoms with Gasteiger partial charge in [0.1, 0.15) is 0 Å². The summed E-state index contributed by atoms with van der Waals surface area (Å²) in [6, 6.07) is 2.01. The minimum absolute atomic E-state index is 0.519. The van der Waals surface area contributed by atoms with Crippen molar-refractivity contribution in [1.29, 1.82) is 0 Å². The predicted molar refractivity (Wildman–Crippen MR) is 88.8 cm³/mol. The van der Waals surface area contributed by atoms with E-state index in [0.717, 1.165) is 48.2 Å². The Hall–Kier alpha value is -2.60. The van der Waals surface area contributed by atoms with Gasteiger partial charge < -0.3 is 20.3 Å². The summed E-state index contributed by atoms with van der Waals surface area (Å²) in [4.78, 5) is 28.7. The van der Waals surface area contributed by atoms with E-state index in [0.29, 0.717) is 6.54 Å². The number of hydrogen-bond donors (Lipinski definition) is 3. The summed E-state index contributed by atoms with van der Waals surface area (Å²) < 4.78 is 2.09. The Morgan fingerprint density at radius 3 is 2.65 bits per heavy atom. The molecule has 0 aliphatic heterocycles. The third-order valence-electron chi connectivity index (χ3n) is 4.65. The van der Waals surface area contributed by atoms with Crippen LogP contribution in [-0.2, 0) is 13.0 Å². The van der Waals surface area contributed by atoms with Gasteiger partial charge in [0.25, 0.3) is 0 Å². The van der Waals surface area contributed by atoms with Crippen molar-refractivity contribution >= 4 is 11.3 Å². The first-order valence-corrected chi connectivity index (χ1v) is 7.81. The topological polar surface area (TPSA) is 96.7 Å². The van der Waals surface area contributed by atoms with Crippen LogP contribution in [0.2, 0.25) is 0 Å². The summed E-state index contributed by atoms with van der Waals surface area (Å²) in [5.74, 6) is 0. The van der Waals surface area contributed by atoms with E-state index < -0.39 is 11.1 Å². The number of aryl methyl sites for hydroxylation is 1. The molecule has 0 spiro atoms. The monoisotopic (exact) mass is 310 g/mol. The molecule has 0 unspecified atom stereocenters. The minimum Gasteiger partial charge on any atom is -0.327 e. The van der Waals surface area contributed by atoms with Crippen LogP contribution in [0.1, 0.15) is 36.2 Å². The van der Waals surface area contributed by atoms with E-state index in [-0.39, 0.29) is 0 Å². The number of fused-ring (bicyclic) bond motifs is 2. The van der Waals surface area contributed by atoms with Crippen LogP contribution in [0, 0.1) is 0 Å². The summed E-state index contributed by atoms with van der Waals surface area (Å²) in [7, 11) is 0. The average molecular weight is 310 g/mol. The quantitative estimate of drug-likeness (QED) is 0.731. The SMILES string of the molecule is NCc1ccn(C2=CC3=C(CC2)CCc2[nH]c(=O)c(=O)[nH]c23)c1. The highest BCUT2D eigenvalue weighted by atomic mass is 16.2. The number of nitrogens with two attached hydrogens (primary N) is 1. The Labute approximate surface area is 132 Å². The van der Waals surface area contributed by atoms with Gasteiger partial charge >= 0.3 is 11.1 Å². The molecule has 6 heteroatoms. The first kappa shape index (κ1) is 14.0. The molecule has 2 heterocycles. The lowest BCUT2D eigenvalue weighted by atomic mass is 9.85. The van der Waals surface area contributed by atoms with Crippen LogP contribution in [0.3, 0.4) is 0 Å². The minimum atomic E-state index is -0.593. The van der Waals surface area contributed by atoms with Gasteiger partial charge in [0.2, 0.25) is 0 Å². The van der Waals surface area contributed by atoms with Gasteiger partial charge in [-0.1, -0.05) is 5.57 Å².